The average molecular weight is 218 g/mol. The van der Waals surface area contributed by atoms with E-state index < -0.39 is 15.8 Å². The van der Waals surface area contributed by atoms with E-state index in [4.69, 9.17) is 5.26 Å². The first-order valence-corrected chi connectivity index (χ1v) is 6.39. The highest BCUT2D eigenvalue weighted by Crippen LogP contribution is 2.06. The summed E-state index contributed by atoms with van der Waals surface area (Å²) < 4.78 is 24.8. The predicted octanol–water partition coefficient (Wildman–Crippen LogP) is 1.25. The lowest BCUT2D eigenvalue weighted by atomic mass is 10.1. The fourth-order valence-corrected chi connectivity index (χ4v) is 2.06. The van der Waals surface area contributed by atoms with Crippen LogP contribution in [0.1, 0.15) is 33.6 Å². The molecular formula is C9H18N2O2S. The van der Waals surface area contributed by atoms with Gasteiger partial charge in [0.2, 0.25) is 10.0 Å². The number of hydrogen-bond donors (Lipinski definition) is 1. The zero-order chi connectivity index (χ0) is 11.2. The summed E-state index contributed by atoms with van der Waals surface area (Å²) in [5, 5.41) is 8.26. The van der Waals surface area contributed by atoms with E-state index in [9.17, 15) is 8.42 Å². The van der Waals surface area contributed by atoms with Gasteiger partial charge < -0.3 is 0 Å². The molecule has 0 aliphatic rings. The van der Waals surface area contributed by atoms with Gasteiger partial charge in [-0.15, -0.1) is 0 Å². The zero-order valence-electron chi connectivity index (χ0n) is 8.95. The molecule has 0 spiro atoms. The molecule has 82 valence electrons. The Labute approximate surface area is 86.4 Å². The van der Waals surface area contributed by atoms with Crippen molar-refractivity contribution >= 4 is 10.0 Å². The van der Waals surface area contributed by atoms with Crippen molar-refractivity contribution in [2.45, 2.75) is 39.7 Å². The van der Waals surface area contributed by atoms with Crippen LogP contribution in [0.4, 0.5) is 0 Å². The molecule has 0 aromatic carbocycles. The van der Waals surface area contributed by atoms with E-state index in [0.717, 1.165) is 12.8 Å². The van der Waals surface area contributed by atoms with Crippen molar-refractivity contribution in [1.29, 1.82) is 5.26 Å². The van der Waals surface area contributed by atoms with Crippen LogP contribution in [-0.2, 0) is 10.0 Å². The Bertz CT molecular complexity index is 290. The molecule has 0 radical (unpaired) electrons. The van der Waals surface area contributed by atoms with E-state index in [2.05, 4.69) is 18.6 Å². The minimum absolute atomic E-state index is 0.0873. The Morgan fingerprint density at radius 1 is 1.29 bits per heavy atom. The Hall–Kier alpha value is -0.600. The lowest BCUT2D eigenvalue weighted by Gasteiger charge is -2.13. The molecule has 0 rings (SSSR count). The molecule has 5 heteroatoms. The topological polar surface area (TPSA) is 70.0 Å². The maximum atomic E-state index is 11.2. The molecule has 0 aromatic heterocycles. The first-order chi connectivity index (χ1) is 6.37. The summed E-state index contributed by atoms with van der Waals surface area (Å²) in [5.41, 5.74) is 0. The van der Waals surface area contributed by atoms with Gasteiger partial charge in [0.25, 0.3) is 0 Å². The highest BCUT2D eigenvalue weighted by molar-refractivity contribution is 7.89. The van der Waals surface area contributed by atoms with Crippen LogP contribution in [0, 0.1) is 17.2 Å². The summed E-state index contributed by atoms with van der Waals surface area (Å²) >= 11 is 0. The van der Waals surface area contributed by atoms with Crippen molar-refractivity contribution < 1.29 is 8.42 Å². The third-order valence-corrected chi connectivity index (χ3v) is 3.08. The Balaban J connectivity index is 3.95. The van der Waals surface area contributed by atoms with Gasteiger partial charge >= 0.3 is 0 Å². The first kappa shape index (κ1) is 13.4. The molecule has 1 N–H and O–H groups in total. The minimum atomic E-state index is -3.39. The third kappa shape index (κ3) is 6.87. The van der Waals surface area contributed by atoms with E-state index in [1.54, 1.807) is 6.07 Å². The van der Waals surface area contributed by atoms with Crippen LogP contribution in [0.15, 0.2) is 0 Å². The molecule has 0 aliphatic carbocycles. The number of nitrogens with one attached hydrogen (secondary N) is 1. The van der Waals surface area contributed by atoms with E-state index in [0.29, 0.717) is 5.92 Å². The van der Waals surface area contributed by atoms with Crippen molar-refractivity contribution in [3.05, 3.63) is 0 Å². The third-order valence-electron chi connectivity index (χ3n) is 1.81. The maximum Gasteiger partial charge on any atom is 0.225 e. The van der Waals surface area contributed by atoms with Gasteiger partial charge in [0.15, 0.2) is 5.75 Å². The van der Waals surface area contributed by atoms with Crippen molar-refractivity contribution in [3.8, 4) is 6.07 Å². The fraction of sp³-hybridized carbons (Fsp3) is 0.889. The summed E-state index contributed by atoms with van der Waals surface area (Å²) in [6, 6.07) is 1.54. The predicted molar refractivity (Wildman–Crippen MR) is 56.1 cm³/mol. The van der Waals surface area contributed by atoms with Gasteiger partial charge in [-0.1, -0.05) is 13.8 Å². The standard InChI is InChI=1S/C9H18N2O2S/c1-8(2)4-5-9(3)11-14(12,13)7-6-10/h8-9,11H,4-5,7H2,1-3H3. The Morgan fingerprint density at radius 2 is 1.86 bits per heavy atom. The molecule has 0 saturated heterocycles. The number of hydrogen-bond acceptors (Lipinski definition) is 3. The minimum Gasteiger partial charge on any atom is -0.212 e. The number of nitriles is 1. The number of sulfonamides is 1. The van der Waals surface area contributed by atoms with Gasteiger partial charge in [0.1, 0.15) is 0 Å². The fourth-order valence-electron chi connectivity index (χ4n) is 1.08. The second kappa shape index (κ2) is 5.99. The van der Waals surface area contributed by atoms with Gasteiger partial charge in [0.05, 0.1) is 6.07 Å². The normalized spacial score (nSPS) is 13.9. The van der Waals surface area contributed by atoms with Gasteiger partial charge in [-0.3, -0.25) is 0 Å². The molecule has 0 fully saturated rings. The molecule has 14 heavy (non-hydrogen) atoms. The SMILES string of the molecule is CC(C)CCC(C)NS(=O)(=O)CC#N. The van der Waals surface area contributed by atoms with Crippen LogP contribution in [0.3, 0.4) is 0 Å². The Morgan fingerprint density at radius 3 is 2.29 bits per heavy atom. The van der Waals surface area contributed by atoms with E-state index in [-0.39, 0.29) is 6.04 Å². The lowest BCUT2D eigenvalue weighted by molar-refractivity contribution is 0.486. The van der Waals surface area contributed by atoms with Crippen molar-refractivity contribution in [3.63, 3.8) is 0 Å². The summed E-state index contributed by atoms with van der Waals surface area (Å²) in [7, 11) is -3.39. The second-order valence-corrected chi connectivity index (χ2v) is 5.66. The summed E-state index contributed by atoms with van der Waals surface area (Å²) in [4.78, 5) is 0. The van der Waals surface area contributed by atoms with Gasteiger partial charge in [-0.25, -0.2) is 13.1 Å². The summed E-state index contributed by atoms with van der Waals surface area (Å²) in [6.45, 7) is 6.00. The highest BCUT2D eigenvalue weighted by atomic mass is 32.2. The van der Waals surface area contributed by atoms with E-state index in [1.165, 1.54) is 0 Å². The van der Waals surface area contributed by atoms with Gasteiger partial charge in [-0.2, -0.15) is 5.26 Å². The van der Waals surface area contributed by atoms with Crippen LogP contribution >= 0.6 is 0 Å². The van der Waals surface area contributed by atoms with Crippen LogP contribution in [0.25, 0.3) is 0 Å². The van der Waals surface area contributed by atoms with E-state index >= 15 is 0 Å². The van der Waals surface area contributed by atoms with Crippen molar-refractivity contribution in [1.82, 2.24) is 4.72 Å². The van der Waals surface area contributed by atoms with Crippen LogP contribution in [-0.4, -0.2) is 20.2 Å². The molecular weight excluding hydrogens is 200 g/mol. The molecule has 0 heterocycles. The number of rotatable bonds is 6. The molecule has 4 nitrogen and oxygen atoms in total. The first-order valence-electron chi connectivity index (χ1n) is 4.74. The molecule has 0 saturated carbocycles. The smallest absolute Gasteiger partial charge is 0.212 e. The maximum absolute atomic E-state index is 11.2. The van der Waals surface area contributed by atoms with E-state index in [1.807, 2.05) is 6.92 Å². The number of nitrogens with zero attached hydrogens (tertiary/aromatic N) is 1. The van der Waals surface area contributed by atoms with Crippen LogP contribution < -0.4 is 4.72 Å². The second-order valence-electron chi connectivity index (χ2n) is 3.91. The lowest BCUT2D eigenvalue weighted by Crippen LogP contribution is -2.34. The molecule has 1 atom stereocenters. The van der Waals surface area contributed by atoms with Gasteiger partial charge in [-0.05, 0) is 25.7 Å². The van der Waals surface area contributed by atoms with Crippen molar-refractivity contribution in [2.75, 3.05) is 5.75 Å². The largest absolute Gasteiger partial charge is 0.225 e. The Kier molecular flexibility index (Phi) is 5.73. The van der Waals surface area contributed by atoms with Gasteiger partial charge in [0, 0.05) is 6.04 Å². The highest BCUT2D eigenvalue weighted by Gasteiger charge is 2.13. The summed E-state index contributed by atoms with van der Waals surface area (Å²) in [5.74, 6) is 0.108. The average Bonchev–Trinajstić information content (AvgIpc) is 1.99. The molecule has 0 aliphatic heterocycles. The van der Waals surface area contributed by atoms with Crippen LogP contribution in [0.2, 0.25) is 0 Å². The molecule has 1 unspecified atom stereocenters. The molecule has 0 aromatic rings. The monoisotopic (exact) mass is 218 g/mol. The van der Waals surface area contributed by atoms with Crippen LogP contribution in [0.5, 0.6) is 0 Å². The zero-order valence-corrected chi connectivity index (χ0v) is 9.76. The quantitative estimate of drug-likeness (QED) is 0.729. The molecule has 0 amide bonds. The molecule has 0 bridgehead atoms. The van der Waals surface area contributed by atoms with Crippen molar-refractivity contribution in [2.24, 2.45) is 5.92 Å². The summed E-state index contributed by atoms with van der Waals surface area (Å²) in [6.07, 6.45) is 1.79.